The van der Waals surface area contributed by atoms with Crippen LogP contribution in [-0.2, 0) is 0 Å². The van der Waals surface area contributed by atoms with Gasteiger partial charge in [-0.1, -0.05) is 36.4 Å². The van der Waals surface area contributed by atoms with Crippen LogP contribution in [0.1, 0.15) is 24.6 Å². The van der Waals surface area contributed by atoms with Gasteiger partial charge in [-0.25, -0.2) is 9.97 Å². The predicted molar refractivity (Wildman–Crippen MR) is 176 cm³/mol. The summed E-state index contributed by atoms with van der Waals surface area (Å²) in [5.74, 6) is 3.18. The highest BCUT2D eigenvalue weighted by atomic mass is 127. The third-order valence-corrected chi connectivity index (χ3v) is 8.13. The molecule has 6 nitrogen and oxygen atoms in total. The molecule has 1 saturated carbocycles. The van der Waals surface area contributed by atoms with Crippen molar-refractivity contribution in [3.63, 3.8) is 0 Å². The average Bonchev–Trinajstić information content (AvgIpc) is 3.69. The Kier molecular flexibility index (Phi) is 6.87. The van der Waals surface area contributed by atoms with Crippen LogP contribution >= 0.6 is 22.6 Å². The summed E-state index contributed by atoms with van der Waals surface area (Å²) in [7, 11) is 0. The molecule has 0 atom stereocenters. The second kappa shape index (κ2) is 11.0. The molecule has 2 heterocycles. The maximum Gasteiger partial charge on any atom is 0.145 e. The third kappa shape index (κ3) is 5.12. The molecule has 1 fully saturated rings. The molecule has 7 heteroatoms. The molecule has 8 rings (SSSR count). The molecule has 0 saturated heterocycles. The minimum absolute atomic E-state index is 0.258. The van der Waals surface area contributed by atoms with Crippen LogP contribution in [0.25, 0.3) is 44.8 Å². The molecule has 2 aromatic heterocycles. The summed E-state index contributed by atoms with van der Waals surface area (Å²) in [6, 6.07) is 39.1. The normalized spacial score (nSPS) is 12.8. The lowest BCUT2D eigenvalue weighted by Gasteiger charge is -2.10. The fraction of sp³-hybridized carbons (Fsp3) is 0.0857. The Hall–Kier alpha value is -4.63. The lowest BCUT2D eigenvalue weighted by Crippen LogP contribution is -1.99. The topological polar surface area (TPSA) is 76.1 Å². The Morgan fingerprint density at radius 1 is 0.571 bits per heavy atom. The van der Waals surface area contributed by atoms with E-state index in [9.17, 15) is 10.2 Å². The molecule has 0 aliphatic heterocycles. The number of hydrogen-bond donors (Lipinski definition) is 2. The number of aromatic hydroxyl groups is 2. The highest BCUT2D eigenvalue weighted by Gasteiger charge is 2.30. The number of phenolic OH excluding ortho intramolecular Hbond substituents is 2. The van der Waals surface area contributed by atoms with Crippen LogP contribution in [0, 0.1) is 3.57 Å². The third-order valence-electron chi connectivity index (χ3n) is 7.41. The largest absolute Gasteiger partial charge is 0.508 e. The Labute approximate surface area is 256 Å². The highest BCUT2D eigenvalue weighted by Crippen LogP contribution is 2.41. The van der Waals surface area contributed by atoms with E-state index >= 15 is 0 Å². The van der Waals surface area contributed by atoms with Gasteiger partial charge in [-0.05, 0) is 120 Å². The molecule has 42 heavy (non-hydrogen) atoms. The van der Waals surface area contributed by atoms with Crippen LogP contribution in [0.3, 0.4) is 0 Å². The van der Waals surface area contributed by atoms with Crippen molar-refractivity contribution in [1.29, 1.82) is 0 Å². The monoisotopic (exact) mass is 662 g/mol. The van der Waals surface area contributed by atoms with Gasteiger partial charge < -0.3 is 10.2 Å². The zero-order valence-electron chi connectivity index (χ0n) is 22.6. The fourth-order valence-electron chi connectivity index (χ4n) is 5.21. The van der Waals surface area contributed by atoms with Crippen molar-refractivity contribution in [2.24, 2.45) is 0 Å². The molecule has 7 aromatic rings. The van der Waals surface area contributed by atoms with E-state index in [1.807, 2.05) is 54.6 Å². The first kappa shape index (κ1) is 26.3. The van der Waals surface area contributed by atoms with Gasteiger partial charge in [0.05, 0.1) is 22.1 Å². The summed E-state index contributed by atoms with van der Waals surface area (Å²) >= 11 is 2.30. The standard InChI is InChI=1S/C19H13IN2O.C16H14N2O/c20-14-7-5-13(6-8-14)19-21-17-3-1-2-4-18(17)22(19)15-9-11-16(23)12-10-15;19-13-9-7-12(8-10-13)18-15-4-2-1-3-14(15)17-16(18)11-5-6-11/h1-12,23H;1-4,7-11,19H,5-6H2. The van der Waals surface area contributed by atoms with Gasteiger partial charge in [-0.15, -0.1) is 0 Å². The Morgan fingerprint density at radius 3 is 1.64 bits per heavy atom. The first-order valence-corrected chi connectivity index (χ1v) is 14.9. The van der Waals surface area contributed by atoms with Crippen molar-refractivity contribution < 1.29 is 10.2 Å². The number of fused-ring (bicyclic) bond motifs is 2. The van der Waals surface area contributed by atoms with Gasteiger partial charge in [0.2, 0.25) is 0 Å². The van der Waals surface area contributed by atoms with E-state index in [0.717, 1.165) is 50.7 Å². The number of imidazole rings is 2. The number of phenols is 2. The van der Waals surface area contributed by atoms with E-state index in [-0.39, 0.29) is 5.75 Å². The molecule has 5 aromatic carbocycles. The lowest BCUT2D eigenvalue weighted by molar-refractivity contribution is 0.474. The van der Waals surface area contributed by atoms with Crippen molar-refractivity contribution in [2.45, 2.75) is 18.8 Å². The number of para-hydroxylation sites is 4. The van der Waals surface area contributed by atoms with E-state index in [1.54, 1.807) is 24.3 Å². The van der Waals surface area contributed by atoms with Crippen LogP contribution in [0.2, 0.25) is 0 Å². The molecule has 0 amide bonds. The van der Waals surface area contributed by atoms with E-state index in [1.165, 1.54) is 16.4 Å². The zero-order chi connectivity index (χ0) is 28.6. The molecule has 0 radical (unpaired) electrons. The Bertz CT molecular complexity index is 2010. The molecule has 0 bridgehead atoms. The lowest BCUT2D eigenvalue weighted by atomic mass is 10.2. The fourth-order valence-corrected chi connectivity index (χ4v) is 5.57. The Balaban J connectivity index is 0.000000139. The predicted octanol–water partition coefficient (Wildman–Crippen LogP) is 8.61. The first-order chi connectivity index (χ1) is 20.5. The molecule has 2 N–H and O–H groups in total. The van der Waals surface area contributed by atoms with E-state index in [2.05, 4.69) is 74.2 Å². The van der Waals surface area contributed by atoms with Crippen molar-refractivity contribution in [3.8, 4) is 34.3 Å². The van der Waals surface area contributed by atoms with Crippen LogP contribution < -0.4 is 0 Å². The second-order valence-corrected chi connectivity index (χ2v) is 11.6. The van der Waals surface area contributed by atoms with Gasteiger partial charge in [-0.3, -0.25) is 9.13 Å². The minimum Gasteiger partial charge on any atom is -0.508 e. The molecule has 1 aliphatic rings. The van der Waals surface area contributed by atoms with Gasteiger partial charge in [0.1, 0.15) is 23.1 Å². The number of benzene rings is 5. The summed E-state index contributed by atoms with van der Waals surface area (Å²) < 4.78 is 5.53. The van der Waals surface area contributed by atoms with Crippen molar-refractivity contribution in [3.05, 3.63) is 131 Å². The quantitative estimate of drug-likeness (QED) is 0.185. The van der Waals surface area contributed by atoms with Crippen LogP contribution in [0.15, 0.2) is 121 Å². The average molecular weight is 663 g/mol. The summed E-state index contributed by atoms with van der Waals surface area (Å²) in [5.41, 5.74) is 7.28. The molecular formula is C35H27IN4O2. The van der Waals surface area contributed by atoms with E-state index < -0.39 is 0 Å². The summed E-state index contributed by atoms with van der Waals surface area (Å²) in [5, 5.41) is 19.0. The second-order valence-electron chi connectivity index (χ2n) is 10.4. The highest BCUT2D eigenvalue weighted by molar-refractivity contribution is 14.1. The maximum atomic E-state index is 9.56. The van der Waals surface area contributed by atoms with Crippen LogP contribution in [0.4, 0.5) is 0 Å². The van der Waals surface area contributed by atoms with Crippen molar-refractivity contribution in [1.82, 2.24) is 19.1 Å². The van der Waals surface area contributed by atoms with Gasteiger partial charge in [0.15, 0.2) is 0 Å². The Morgan fingerprint density at radius 2 is 1.07 bits per heavy atom. The maximum absolute atomic E-state index is 9.56. The number of hydrogen-bond acceptors (Lipinski definition) is 4. The molecule has 206 valence electrons. The van der Waals surface area contributed by atoms with Crippen LogP contribution in [-0.4, -0.2) is 29.3 Å². The van der Waals surface area contributed by atoms with E-state index in [0.29, 0.717) is 11.7 Å². The first-order valence-electron chi connectivity index (χ1n) is 13.8. The molecule has 1 aliphatic carbocycles. The number of nitrogens with zero attached hydrogens (tertiary/aromatic N) is 4. The van der Waals surface area contributed by atoms with Crippen molar-refractivity contribution >= 4 is 44.7 Å². The van der Waals surface area contributed by atoms with Gasteiger partial charge in [0, 0.05) is 26.4 Å². The van der Waals surface area contributed by atoms with Crippen LogP contribution in [0.5, 0.6) is 11.5 Å². The summed E-state index contributed by atoms with van der Waals surface area (Å²) in [4.78, 5) is 9.58. The molecule has 0 unspecified atom stereocenters. The van der Waals surface area contributed by atoms with Crippen molar-refractivity contribution in [2.75, 3.05) is 0 Å². The molecule has 0 spiro atoms. The number of rotatable bonds is 4. The van der Waals surface area contributed by atoms with Gasteiger partial charge in [-0.2, -0.15) is 0 Å². The SMILES string of the molecule is Oc1ccc(-n2c(-c3ccc(I)cc3)nc3ccccc32)cc1.Oc1ccc(-n2c(C3CC3)nc3ccccc32)cc1. The number of aromatic nitrogens is 4. The summed E-state index contributed by atoms with van der Waals surface area (Å²) in [6.07, 6.45) is 2.45. The van der Waals surface area contributed by atoms with Gasteiger partial charge >= 0.3 is 0 Å². The summed E-state index contributed by atoms with van der Waals surface area (Å²) in [6.45, 7) is 0. The molecular weight excluding hydrogens is 635 g/mol. The minimum atomic E-state index is 0.258. The van der Waals surface area contributed by atoms with E-state index in [4.69, 9.17) is 9.97 Å². The smallest absolute Gasteiger partial charge is 0.145 e. The number of halogens is 1. The zero-order valence-corrected chi connectivity index (χ0v) is 24.8. The van der Waals surface area contributed by atoms with Gasteiger partial charge in [0.25, 0.3) is 0 Å².